The molecule has 0 amide bonds. The molecule has 0 saturated carbocycles. The normalized spacial score (nSPS) is 11.8. The molecule has 0 radical (unpaired) electrons. The van der Waals surface area contributed by atoms with Crippen molar-refractivity contribution < 1.29 is 13.2 Å². The third-order valence-corrected chi connectivity index (χ3v) is 5.88. The van der Waals surface area contributed by atoms with Gasteiger partial charge in [0.25, 0.3) is 0 Å². The van der Waals surface area contributed by atoms with E-state index in [0.717, 1.165) is 22.2 Å². The van der Waals surface area contributed by atoms with Gasteiger partial charge in [0.15, 0.2) is 0 Å². The molecule has 2 aromatic carbocycles. The summed E-state index contributed by atoms with van der Waals surface area (Å²) in [6.07, 6.45) is 0.596. The van der Waals surface area contributed by atoms with Gasteiger partial charge in [0, 0.05) is 23.1 Å². The Morgan fingerprint density at radius 1 is 1.20 bits per heavy atom. The summed E-state index contributed by atoms with van der Waals surface area (Å²) in [6.45, 7) is 2.29. The number of fused-ring (bicyclic) bond motifs is 1. The first-order valence-electron chi connectivity index (χ1n) is 7.82. The highest BCUT2D eigenvalue weighted by molar-refractivity contribution is 7.89. The minimum Gasteiger partial charge on any atom is -0.495 e. The van der Waals surface area contributed by atoms with Crippen LogP contribution in [0.15, 0.2) is 47.4 Å². The van der Waals surface area contributed by atoms with Gasteiger partial charge in [-0.05, 0) is 43.2 Å². The fourth-order valence-corrected chi connectivity index (χ4v) is 4.24. The minimum absolute atomic E-state index is 0.119. The summed E-state index contributed by atoms with van der Waals surface area (Å²) in [4.78, 5) is 3.44. The van der Waals surface area contributed by atoms with Crippen LogP contribution in [-0.4, -0.2) is 27.1 Å². The first-order valence-corrected chi connectivity index (χ1v) is 9.68. The van der Waals surface area contributed by atoms with Gasteiger partial charge in [-0.3, -0.25) is 0 Å². The van der Waals surface area contributed by atoms with Crippen LogP contribution in [0.5, 0.6) is 5.75 Å². The van der Waals surface area contributed by atoms with Crippen molar-refractivity contribution in [3.63, 3.8) is 0 Å². The van der Waals surface area contributed by atoms with E-state index < -0.39 is 10.0 Å². The van der Waals surface area contributed by atoms with Crippen LogP contribution in [0.1, 0.15) is 11.3 Å². The number of aromatic nitrogens is 1. The van der Waals surface area contributed by atoms with E-state index in [2.05, 4.69) is 9.71 Å². The standard InChI is InChI=1S/C18H19ClN2O3S/c1-12-14(15-5-3-4-6-17(15)21-12)9-10-20-25(22,23)13-7-8-18(24-2)16(19)11-13/h3-8,11,20-21H,9-10H2,1-2H3. The second-order valence-electron chi connectivity index (χ2n) is 5.72. The van der Waals surface area contributed by atoms with Crippen molar-refractivity contribution in [2.75, 3.05) is 13.7 Å². The second-order valence-corrected chi connectivity index (χ2v) is 7.89. The molecule has 0 saturated heterocycles. The Kier molecular flexibility index (Phi) is 5.03. The summed E-state index contributed by atoms with van der Waals surface area (Å²) in [5.74, 6) is 0.440. The van der Waals surface area contributed by atoms with E-state index in [1.54, 1.807) is 6.07 Å². The van der Waals surface area contributed by atoms with E-state index in [1.165, 1.54) is 19.2 Å². The van der Waals surface area contributed by atoms with Crippen molar-refractivity contribution in [2.24, 2.45) is 0 Å². The van der Waals surface area contributed by atoms with Gasteiger partial charge < -0.3 is 9.72 Å². The lowest BCUT2D eigenvalue weighted by molar-refractivity contribution is 0.414. The average Bonchev–Trinajstić information content (AvgIpc) is 2.90. The zero-order valence-electron chi connectivity index (χ0n) is 14.0. The number of aryl methyl sites for hydroxylation is 1. The lowest BCUT2D eigenvalue weighted by atomic mass is 10.1. The molecule has 0 fully saturated rings. The number of methoxy groups -OCH3 is 1. The van der Waals surface area contributed by atoms with E-state index in [1.807, 2.05) is 31.2 Å². The first kappa shape index (κ1) is 17.8. The summed E-state index contributed by atoms with van der Waals surface area (Å²) in [5, 5.41) is 1.38. The number of halogens is 1. The van der Waals surface area contributed by atoms with Gasteiger partial charge in [0.2, 0.25) is 10.0 Å². The van der Waals surface area contributed by atoms with Crippen LogP contribution in [0.25, 0.3) is 10.9 Å². The molecule has 7 heteroatoms. The van der Waals surface area contributed by atoms with Crippen molar-refractivity contribution in [3.05, 3.63) is 58.7 Å². The largest absolute Gasteiger partial charge is 0.495 e. The highest BCUT2D eigenvalue weighted by atomic mass is 35.5. The Hall–Kier alpha value is -2.02. The topological polar surface area (TPSA) is 71.2 Å². The molecule has 0 unspecified atom stereocenters. The van der Waals surface area contributed by atoms with Crippen molar-refractivity contribution in [2.45, 2.75) is 18.2 Å². The van der Waals surface area contributed by atoms with E-state index in [9.17, 15) is 8.42 Å². The summed E-state index contributed by atoms with van der Waals surface area (Å²) in [7, 11) is -2.14. The Bertz CT molecular complexity index is 1010. The van der Waals surface area contributed by atoms with Crippen molar-refractivity contribution in [1.29, 1.82) is 0 Å². The second kappa shape index (κ2) is 7.07. The van der Waals surface area contributed by atoms with Crippen LogP contribution in [0.3, 0.4) is 0 Å². The molecule has 5 nitrogen and oxygen atoms in total. The van der Waals surface area contributed by atoms with Gasteiger partial charge >= 0.3 is 0 Å². The fourth-order valence-electron chi connectivity index (χ4n) is 2.86. The zero-order valence-corrected chi connectivity index (χ0v) is 15.5. The molecule has 0 spiro atoms. The summed E-state index contributed by atoms with van der Waals surface area (Å²) in [6, 6.07) is 12.4. The van der Waals surface area contributed by atoms with E-state index in [4.69, 9.17) is 16.3 Å². The number of hydrogen-bond donors (Lipinski definition) is 2. The van der Waals surface area contributed by atoms with Crippen molar-refractivity contribution >= 4 is 32.5 Å². The molecule has 3 rings (SSSR count). The average molecular weight is 379 g/mol. The van der Waals surface area contributed by atoms with E-state index >= 15 is 0 Å². The number of sulfonamides is 1. The quantitative estimate of drug-likeness (QED) is 0.687. The number of rotatable bonds is 6. The van der Waals surface area contributed by atoms with Crippen LogP contribution in [0.2, 0.25) is 5.02 Å². The Balaban J connectivity index is 1.74. The lowest BCUT2D eigenvalue weighted by Crippen LogP contribution is -2.26. The first-order chi connectivity index (χ1) is 11.9. The van der Waals surface area contributed by atoms with Crippen LogP contribution in [0, 0.1) is 6.92 Å². The molecule has 0 aliphatic carbocycles. The summed E-state index contributed by atoms with van der Waals surface area (Å²) >= 11 is 6.02. The number of para-hydroxylation sites is 1. The summed E-state index contributed by atoms with van der Waals surface area (Å²) in [5.41, 5.74) is 3.22. The van der Waals surface area contributed by atoms with Gasteiger partial charge in [-0.25, -0.2) is 13.1 Å². The molecule has 0 aliphatic rings. The van der Waals surface area contributed by atoms with Crippen LogP contribution in [-0.2, 0) is 16.4 Å². The molecule has 0 atom stereocenters. The molecule has 25 heavy (non-hydrogen) atoms. The highest BCUT2D eigenvalue weighted by Gasteiger charge is 2.16. The predicted molar refractivity (Wildman–Crippen MR) is 99.9 cm³/mol. The van der Waals surface area contributed by atoms with Gasteiger partial charge in [-0.2, -0.15) is 0 Å². The number of benzene rings is 2. The molecular weight excluding hydrogens is 360 g/mol. The van der Waals surface area contributed by atoms with E-state index in [-0.39, 0.29) is 9.92 Å². The van der Waals surface area contributed by atoms with Crippen molar-refractivity contribution in [1.82, 2.24) is 9.71 Å². The zero-order chi connectivity index (χ0) is 18.0. The van der Waals surface area contributed by atoms with Crippen LogP contribution in [0.4, 0.5) is 0 Å². The SMILES string of the molecule is COc1ccc(S(=O)(=O)NCCc2c(C)[nH]c3ccccc23)cc1Cl. The van der Waals surface area contributed by atoms with Crippen LogP contribution >= 0.6 is 11.6 Å². The Morgan fingerprint density at radius 3 is 2.68 bits per heavy atom. The number of nitrogens with one attached hydrogen (secondary N) is 2. The minimum atomic E-state index is -3.63. The molecular formula is C18H19ClN2O3S. The molecule has 1 heterocycles. The number of aromatic amines is 1. The predicted octanol–water partition coefficient (Wildman–Crippen LogP) is 3.66. The van der Waals surface area contributed by atoms with Crippen molar-refractivity contribution in [3.8, 4) is 5.75 Å². The molecule has 1 aromatic heterocycles. The maximum atomic E-state index is 12.4. The monoisotopic (exact) mass is 378 g/mol. The van der Waals surface area contributed by atoms with Gasteiger partial charge in [-0.15, -0.1) is 0 Å². The number of ether oxygens (including phenoxy) is 1. The molecule has 2 N–H and O–H groups in total. The Labute approximate surface area is 152 Å². The summed E-state index contributed by atoms with van der Waals surface area (Å²) < 4.78 is 32.6. The fraction of sp³-hybridized carbons (Fsp3) is 0.222. The molecule has 0 bridgehead atoms. The molecule has 132 valence electrons. The molecule has 0 aliphatic heterocycles. The van der Waals surface area contributed by atoms with Crippen LogP contribution < -0.4 is 9.46 Å². The molecule has 3 aromatic rings. The van der Waals surface area contributed by atoms with Gasteiger partial charge in [0.1, 0.15) is 5.75 Å². The smallest absolute Gasteiger partial charge is 0.240 e. The number of hydrogen-bond acceptors (Lipinski definition) is 3. The number of H-pyrrole nitrogens is 1. The Morgan fingerprint density at radius 2 is 1.96 bits per heavy atom. The maximum absolute atomic E-state index is 12.4. The maximum Gasteiger partial charge on any atom is 0.240 e. The van der Waals surface area contributed by atoms with E-state index in [0.29, 0.717) is 18.7 Å². The third kappa shape index (κ3) is 3.66. The highest BCUT2D eigenvalue weighted by Crippen LogP contribution is 2.27. The lowest BCUT2D eigenvalue weighted by Gasteiger charge is -2.09. The third-order valence-electron chi connectivity index (χ3n) is 4.13. The van der Waals surface area contributed by atoms with Gasteiger partial charge in [0.05, 0.1) is 17.0 Å². The van der Waals surface area contributed by atoms with Gasteiger partial charge in [-0.1, -0.05) is 29.8 Å².